The van der Waals surface area contributed by atoms with Crippen molar-refractivity contribution in [2.45, 2.75) is 12.8 Å². The van der Waals surface area contributed by atoms with E-state index in [0.717, 1.165) is 0 Å². The summed E-state index contributed by atoms with van der Waals surface area (Å²) in [6.45, 7) is 0. The fraction of sp³-hybridized carbons (Fsp3) is 0.100. The minimum atomic E-state index is -0.192. The van der Waals surface area contributed by atoms with E-state index in [-0.39, 0.29) is 35.9 Å². The van der Waals surface area contributed by atoms with E-state index in [0.29, 0.717) is 11.1 Å². The third-order valence-electron chi connectivity index (χ3n) is 3.39. The van der Waals surface area contributed by atoms with E-state index in [1.54, 1.807) is 36.4 Å². The third kappa shape index (κ3) is 5.25. The molecule has 0 aromatic heterocycles. The standard InChI is InChI=1S/C20H18O4/c21-17(11-9-15-5-1-3-7-19(15)23)13-14-18(22)12-10-16-6-2-4-8-20(16)24/h1-12,23-24H,13-14H2/b11-9+,12-10+. The fourth-order valence-corrected chi connectivity index (χ4v) is 2.04. The average Bonchev–Trinajstić information content (AvgIpc) is 2.58. The second-order valence-electron chi connectivity index (χ2n) is 5.22. The summed E-state index contributed by atoms with van der Waals surface area (Å²) >= 11 is 0. The summed E-state index contributed by atoms with van der Waals surface area (Å²) in [5, 5.41) is 19.2. The second kappa shape index (κ2) is 8.48. The minimum Gasteiger partial charge on any atom is -0.507 e. The molecule has 0 fully saturated rings. The van der Waals surface area contributed by atoms with Crippen LogP contribution in [-0.2, 0) is 9.59 Å². The number of para-hydroxylation sites is 2. The van der Waals surface area contributed by atoms with E-state index in [4.69, 9.17) is 0 Å². The summed E-state index contributed by atoms with van der Waals surface area (Å²) in [6.07, 6.45) is 5.95. The first-order chi connectivity index (χ1) is 11.6. The monoisotopic (exact) mass is 322 g/mol. The molecule has 0 bridgehead atoms. The van der Waals surface area contributed by atoms with Gasteiger partial charge < -0.3 is 10.2 Å². The summed E-state index contributed by atoms with van der Waals surface area (Å²) in [5.74, 6) is -0.184. The second-order valence-corrected chi connectivity index (χ2v) is 5.22. The zero-order valence-corrected chi connectivity index (χ0v) is 13.1. The Morgan fingerprint density at radius 3 is 1.46 bits per heavy atom. The van der Waals surface area contributed by atoms with Crippen molar-refractivity contribution in [2.75, 3.05) is 0 Å². The van der Waals surface area contributed by atoms with Crippen LogP contribution in [0.2, 0.25) is 0 Å². The molecule has 0 amide bonds. The number of hydrogen-bond acceptors (Lipinski definition) is 4. The number of allylic oxidation sites excluding steroid dienone is 2. The summed E-state index contributed by atoms with van der Waals surface area (Å²) in [4.78, 5) is 23.6. The molecule has 0 aliphatic rings. The fourth-order valence-electron chi connectivity index (χ4n) is 2.04. The van der Waals surface area contributed by atoms with Gasteiger partial charge in [-0.15, -0.1) is 0 Å². The number of carbonyl (C=O) groups excluding carboxylic acids is 2. The van der Waals surface area contributed by atoms with Crippen LogP contribution in [0.15, 0.2) is 60.7 Å². The number of phenols is 2. The van der Waals surface area contributed by atoms with Gasteiger partial charge in [0.25, 0.3) is 0 Å². The Morgan fingerprint density at radius 1 is 0.708 bits per heavy atom. The van der Waals surface area contributed by atoms with Gasteiger partial charge in [0.1, 0.15) is 11.5 Å². The van der Waals surface area contributed by atoms with Crippen molar-refractivity contribution in [3.05, 3.63) is 71.8 Å². The largest absolute Gasteiger partial charge is 0.507 e. The van der Waals surface area contributed by atoms with E-state index in [1.165, 1.54) is 36.4 Å². The van der Waals surface area contributed by atoms with Crippen molar-refractivity contribution in [1.29, 1.82) is 0 Å². The van der Waals surface area contributed by atoms with Gasteiger partial charge in [0.05, 0.1) is 0 Å². The van der Waals surface area contributed by atoms with Gasteiger partial charge in [0.2, 0.25) is 0 Å². The maximum Gasteiger partial charge on any atom is 0.156 e. The summed E-state index contributed by atoms with van der Waals surface area (Å²) in [5.41, 5.74) is 1.10. The zero-order chi connectivity index (χ0) is 17.4. The van der Waals surface area contributed by atoms with Crippen LogP contribution < -0.4 is 0 Å². The van der Waals surface area contributed by atoms with Gasteiger partial charge in [0, 0.05) is 24.0 Å². The van der Waals surface area contributed by atoms with Crippen molar-refractivity contribution < 1.29 is 19.8 Å². The first-order valence-corrected chi connectivity index (χ1v) is 7.54. The summed E-state index contributed by atoms with van der Waals surface area (Å²) in [6, 6.07) is 13.4. The van der Waals surface area contributed by atoms with Crippen LogP contribution >= 0.6 is 0 Å². The van der Waals surface area contributed by atoms with Gasteiger partial charge in [-0.25, -0.2) is 0 Å². The van der Waals surface area contributed by atoms with Crippen molar-refractivity contribution in [1.82, 2.24) is 0 Å². The van der Waals surface area contributed by atoms with Gasteiger partial charge in [-0.3, -0.25) is 9.59 Å². The van der Waals surface area contributed by atoms with Crippen molar-refractivity contribution in [3.8, 4) is 11.5 Å². The summed E-state index contributed by atoms with van der Waals surface area (Å²) in [7, 11) is 0. The smallest absolute Gasteiger partial charge is 0.156 e. The van der Waals surface area contributed by atoms with Gasteiger partial charge in [0.15, 0.2) is 11.6 Å². The highest BCUT2D eigenvalue weighted by Crippen LogP contribution is 2.18. The lowest BCUT2D eigenvalue weighted by molar-refractivity contribution is -0.119. The molecular formula is C20H18O4. The van der Waals surface area contributed by atoms with Crippen molar-refractivity contribution >= 4 is 23.7 Å². The van der Waals surface area contributed by atoms with Crippen LogP contribution in [-0.4, -0.2) is 21.8 Å². The lowest BCUT2D eigenvalue weighted by atomic mass is 10.1. The van der Waals surface area contributed by atoms with Crippen molar-refractivity contribution in [2.24, 2.45) is 0 Å². The van der Waals surface area contributed by atoms with Gasteiger partial charge in [-0.2, -0.15) is 0 Å². The van der Waals surface area contributed by atoms with Crippen LogP contribution in [0.3, 0.4) is 0 Å². The van der Waals surface area contributed by atoms with Crippen LogP contribution in [0, 0.1) is 0 Å². The Hall–Kier alpha value is -3.14. The van der Waals surface area contributed by atoms with E-state index in [9.17, 15) is 19.8 Å². The van der Waals surface area contributed by atoms with Crippen LogP contribution in [0.4, 0.5) is 0 Å². The SMILES string of the molecule is O=C(/C=C/c1ccccc1O)CCC(=O)/C=C/c1ccccc1O. The topological polar surface area (TPSA) is 74.6 Å². The molecule has 0 radical (unpaired) electrons. The average molecular weight is 322 g/mol. The molecule has 0 unspecified atom stereocenters. The molecule has 0 aliphatic carbocycles. The molecular weight excluding hydrogens is 304 g/mol. The maximum atomic E-state index is 11.8. The maximum absolute atomic E-state index is 11.8. The zero-order valence-electron chi connectivity index (χ0n) is 13.1. The molecule has 2 rings (SSSR count). The van der Waals surface area contributed by atoms with E-state index in [1.807, 2.05) is 0 Å². The Labute approximate surface area is 140 Å². The van der Waals surface area contributed by atoms with Gasteiger partial charge in [-0.05, 0) is 36.4 Å². The van der Waals surface area contributed by atoms with Gasteiger partial charge in [-0.1, -0.05) is 36.4 Å². The number of ketones is 2. The van der Waals surface area contributed by atoms with E-state index >= 15 is 0 Å². The predicted molar refractivity (Wildman–Crippen MR) is 93.5 cm³/mol. The van der Waals surface area contributed by atoms with Crippen LogP contribution in [0.1, 0.15) is 24.0 Å². The Balaban J connectivity index is 1.84. The quantitative estimate of drug-likeness (QED) is 0.761. The lowest BCUT2D eigenvalue weighted by Gasteiger charge is -1.98. The highest BCUT2D eigenvalue weighted by molar-refractivity contribution is 5.99. The third-order valence-corrected chi connectivity index (χ3v) is 3.39. The predicted octanol–water partition coefficient (Wildman–Crippen LogP) is 3.74. The molecule has 2 aromatic carbocycles. The molecule has 2 N–H and O–H groups in total. The molecule has 0 aliphatic heterocycles. The summed E-state index contributed by atoms with van der Waals surface area (Å²) < 4.78 is 0. The Bertz CT molecular complexity index is 720. The van der Waals surface area contributed by atoms with E-state index < -0.39 is 0 Å². The Kier molecular flexibility index (Phi) is 6.08. The minimum absolute atomic E-state index is 0.0913. The number of benzene rings is 2. The van der Waals surface area contributed by atoms with Crippen molar-refractivity contribution in [3.63, 3.8) is 0 Å². The molecule has 0 saturated heterocycles. The normalized spacial score (nSPS) is 11.2. The first-order valence-electron chi connectivity index (χ1n) is 7.54. The van der Waals surface area contributed by atoms with Gasteiger partial charge >= 0.3 is 0 Å². The molecule has 0 spiro atoms. The molecule has 4 heteroatoms. The molecule has 24 heavy (non-hydrogen) atoms. The number of aromatic hydroxyl groups is 2. The number of carbonyl (C=O) groups is 2. The number of rotatable bonds is 7. The molecule has 0 saturated carbocycles. The first kappa shape index (κ1) is 17.2. The number of hydrogen-bond donors (Lipinski definition) is 2. The van der Waals surface area contributed by atoms with Crippen LogP contribution in [0.5, 0.6) is 11.5 Å². The Morgan fingerprint density at radius 2 is 1.08 bits per heavy atom. The van der Waals surface area contributed by atoms with Crippen LogP contribution in [0.25, 0.3) is 12.2 Å². The van der Waals surface area contributed by atoms with E-state index in [2.05, 4.69) is 0 Å². The highest BCUT2D eigenvalue weighted by atomic mass is 16.3. The molecule has 2 aromatic rings. The highest BCUT2D eigenvalue weighted by Gasteiger charge is 2.03. The molecule has 122 valence electrons. The number of phenolic OH excluding ortho intramolecular Hbond substituents is 2. The lowest BCUT2D eigenvalue weighted by Crippen LogP contribution is -1.99. The molecule has 0 heterocycles. The molecule has 4 nitrogen and oxygen atoms in total. The molecule has 0 atom stereocenters.